The molecule has 122 valence electrons. The van der Waals surface area contributed by atoms with Gasteiger partial charge in [0.25, 0.3) is 0 Å². The van der Waals surface area contributed by atoms with Gasteiger partial charge in [0.1, 0.15) is 10.6 Å². The van der Waals surface area contributed by atoms with E-state index in [1.54, 1.807) is 24.3 Å². The largest absolute Gasteiger partial charge is 0.495 e. The van der Waals surface area contributed by atoms with Gasteiger partial charge >= 0.3 is 0 Å². The third kappa shape index (κ3) is 4.22. The Balaban J connectivity index is 2.45. The maximum Gasteiger partial charge on any atom is 0.247 e. The monoisotopic (exact) mass is 395 g/mol. The molecule has 0 aromatic heterocycles. The maximum atomic E-state index is 13.0. The highest BCUT2D eigenvalue weighted by molar-refractivity contribution is 9.10. The van der Waals surface area contributed by atoms with Crippen LogP contribution in [0.1, 0.15) is 5.56 Å². The quantitative estimate of drug-likeness (QED) is 0.669. The average molecular weight is 396 g/mol. The Morgan fingerprint density at radius 3 is 2.52 bits per heavy atom. The Morgan fingerprint density at radius 2 is 1.91 bits per heavy atom. The van der Waals surface area contributed by atoms with Crippen LogP contribution in [0.3, 0.4) is 0 Å². The van der Waals surface area contributed by atoms with Gasteiger partial charge in [0.2, 0.25) is 10.0 Å². The van der Waals surface area contributed by atoms with Crippen LogP contribution in [0.2, 0.25) is 0 Å². The third-order valence-corrected chi connectivity index (χ3v) is 5.60. The second kappa shape index (κ2) is 7.77. The van der Waals surface area contributed by atoms with Crippen molar-refractivity contribution in [2.45, 2.75) is 11.4 Å². The van der Waals surface area contributed by atoms with Gasteiger partial charge in [-0.15, -0.1) is 6.58 Å². The lowest BCUT2D eigenvalue weighted by atomic mass is 10.2. The SMILES string of the molecule is C=CCN(Cc1ccccc1)S(=O)(=O)c1cc(Br)ccc1OC. The van der Waals surface area contributed by atoms with Crippen LogP contribution in [-0.2, 0) is 16.6 Å². The summed E-state index contributed by atoms with van der Waals surface area (Å²) in [4.78, 5) is 0.132. The zero-order chi connectivity index (χ0) is 16.9. The van der Waals surface area contributed by atoms with Crippen molar-refractivity contribution in [2.24, 2.45) is 0 Å². The summed E-state index contributed by atoms with van der Waals surface area (Å²) in [5.74, 6) is 0.315. The number of sulfonamides is 1. The summed E-state index contributed by atoms with van der Waals surface area (Å²) >= 11 is 3.31. The minimum absolute atomic E-state index is 0.132. The van der Waals surface area contributed by atoms with Crippen molar-refractivity contribution in [3.63, 3.8) is 0 Å². The van der Waals surface area contributed by atoms with E-state index in [1.807, 2.05) is 30.3 Å². The predicted octanol–water partition coefficient (Wildman–Crippen LogP) is 3.83. The van der Waals surface area contributed by atoms with Gasteiger partial charge in [-0.3, -0.25) is 0 Å². The van der Waals surface area contributed by atoms with E-state index in [1.165, 1.54) is 11.4 Å². The highest BCUT2D eigenvalue weighted by Gasteiger charge is 2.27. The first-order valence-corrected chi connectivity index (χ1v) is 9.21. The van der Waals surface area contributed by atoms with Crippen molar-refractivity contribution < 1.29 is 13.2 Å². The van der Waals surface area contributed by atoms with E-state index < -0.39 is 10.0 Å². The van der Waals surface area contributed by atoms with Crippen LogP contribution in [0.4, 0.5) is 0 Å². The van der Waals surface area contributed by atoms with Gasteiger partial charge in [-0.2, -0.15) is 4.31 Å². The van der Waals surface area contributed by atoms with Crippen molar-refractivity contribution >= 4 is 26.0 Å². The highest BCUT2D eigenvalue weighted by atomic mass is 79.9. The summed E-state index contributed by atoms with van der Waals surface area (Å²) in [5.41, 5.74) is 0.909. The number of methoxy groups -OCH3 is 1. The van der Waals surface area contributed by atoms with E-state index in [2.05, 4.69) is 22.5 Å². The number of hydrogen-bond donors (Lipinski definition) is 0. The normalized spacial score (nSPS) is 11.4. The second-order valence-electron chi connectivity index (χ2n) is 4.87. The lowest BCUT2D eigenvalue weighted by molar-refractivity contribution is 0.394. The summed E-state index contributed by atoms with van der Waals surface area (Å²) in [7, 11) is -2.26. The number of benzene rings is 2. The Morgan fingerprint density at radius 1 is 1.22 bits per heavy atom. The van der Waals surface area contributed by atoms with E-state index in [0.717, 1.165) is 5.56 Å². The van der Waals surface area contributed by atoms with Crippen LogP contribution >= 0.6 is 15.9 Å². The molecule has 23 heavy (non-hydrogen) atoms. The van der Waals surface area contributed by atoms with E-state index in [9.17, 15) is 8.42 Å². The van der Waals surface area contributed by atoms with Gasteiger partial charge in [-0.1, -0.05) is 52.3 Å². The molecular weight excluding hydrogens is 378 g/mol. The van der Waals surface area contributed by atoms with Crippen LogP contribution in [0.15, 0.2) is 70.6 Å². The van der Waals surface area contributed by atoms with Crippen LogP contribution in [0.5, 0.6) is 5.75 Å². The summed E-state index contributed by atoms with van der Waals surface area (Å²) in [6, 6.07) is 14.4. The zero-order valence-electron chi connectivity index (χ0n) is 12.8. The van der Waals surface area contributed by atoms with Crippen LogP contribution in [0, 0.1) is 0 Å². The van der Waals surface area contributed by atoms with Crippen molar-refractivity contribution in [3.8, 4) is 5.75 Å². The molecule has 0 unspecified atom stereocenters. The molecule has 0 radical (unpaired) electrons. The predicted molar refractivity (Wildman–Crippen MR) is 94.9 cm³/mol. The van der Waals surface area contributed by atoms with Crippen molar-refractivity contribution in [3.05, 3.63) is 71.2 Å². The van der Waals surface area contributed by atoms with Crippen LogP contribution in [0.25, 0.3) is 0 Å². The first-order valence-electron chi connectivity index (χ1n) is 6.97. The van der Waals surface area contributed by atoms with Gasteiger partial charge in [-0.05, 0) is 23.8 Å². The van der Waals surface area contributed by atoms with Crippen molar-refractivity contribution in [2.75, 3.05) is 13.7 Å². The molecule has 2 aromatic carbocycles. The molecule has 0 aliphatic heterocycles. The Labute approximate surface area is 145 Å². The third-order valence-electron chi connectivity index (χ3n) is 3.28. The van der Waals surface area contributed by atoms with E-state index in [4.69, 9.17) is 4.74 Å². The number of ether oxygens (including phenoxy) is 1. The van der Waals surface area contributed by atoms with Gasteiger partial charge in [0, 0.05) is 17.6 Å². The van der Waals surface area contributed by atoms with Crippen LogP contribution in [-0.4, -0.2) is 26.4 Å². The Hall–Kier alpha value is -1.63. The number of nitrogens with zero attached hydrogens (tertiary/aromatic N) is 1. The molecular formula is C17H18BrNO3S. The lowest BCUT2D eigenvalue weighted by Gasteiger charge is -2.22. The molecule has 0 heterocycles. The average Bonchev–Trinajstić information content (AvgIpc) is 2.55. The molecule has 0 amide bonds. The molecule has 2 aromatic rings. The molecule has 2 rings (SSSR count). The number of halogens is 1. The number of rotatable bonds is 7. The molecule has 0 fully saturated rings. The molecule has 0 N–H and O–H groups in total. The lowest BCUT2D eigenvalue weighted by Crippen LogP contribution is -2.31. The molecule has 6 heteroatoms. The molecule has 0 saturated carbocycles. The smallest absolute Gasteiger partial charge is 0.247 e. The first kappa shape index (κ1) is 17.7. The Kier molecular flexibility index (Phi) is 5.98. The zero-order valence-corrected chi connectivity index (χ0v) is 15.2. The van der Waals surface area contributed by atoms with E-state index >= 15 is 0 Å². The molecule has 0 aliphatic rings. The summed E-state index contributed by atoms with van der Waals surface area (Å²) in [5, 5.41) is 0. The molecule has 4 nitrogen and oxygen atoms in total. The molecule has 0 saturated heterocycles. The Bertz CT molecular complexity index is 776. The fraction of sp³-hybridized carbons (Fsp3) is 0.176. The van der Waals surface area contributed by atoms with Gasteiger partial charge in [0.05, 0.1) is 7.11 Å². The fourth-order valence-electron chi connectivity index (χ4n) is 2.17. The van der Waals surface area contributed by atoms with Crippen LogP contribution < -0.4 is 4.74 Å². The standard InChI is InChI=1S/C17H18BrNO3S/c1-3-11-19(13-14-7-5-4-6-8-14)23(20,21)17-12-15(18)9-10-16(17)22-2/h3-10,12H,1,11,13H2,2H3. The molecule has 0 spiro atoms. The molecule has 0 bridgehead atoms. The summed E-state index contributed by atoms with van der Waals surface area (Å²) in [6.45, 7) is 4.15. The van der Waals surface area contributed by atoms with E-state index in [-0.39, 0.29) is 18.0 Å². The molecule has 0 atom stereocenters. The minimum Gasteiger partial charge on any atom is -0.495 e. The van der Waals surface area contributed by atoms with Crippen molar-refractivity contribution in [1.82, 2.24) is 4.31 Å². The van der Waals surface area contributed by atoms with Gasteiger partial charge in [0.15, 0.2) is 0 Å². The second-order valence-corrected chi connectivity index (χ2v) is 7.69. The highest BCUT2D eigenvalue weighted by Crippen LogP contribution is 2.30. The fourth-order valence-corrected chi connectivity index (χ4v) is 4.26. The van der Waals surface area contributed by atoms with Gasteiger partial charge in [-0.25, -0.2) is 8.42 Å². The van der Waals surface area contributed by atoms with Crippen molar-refractivity contribution in [1.29, 1.82) is 0 Å². The van der Waals surface area contributed by atoms with E-state index in [0.29, 0.717) is 10.2 Å². The maximum absolute atomic E-state index is 13.0. The first-order chi connectivity index (χ1) is 11.0. The molecule has 0 aliphatic carbocycles. The summed E-state index contributed by atoms with van der Waals surface area (Å²) < 4.78 is 33.3. The topological polar surface area (TPSA) is 46.6 Å². The minimum atomic E-state index is -3.72. The number of hydrogen-bond acceptors (Lipinski definition) is 3. The van der Waals surface area contributed by atoms with Gasteiger partial charge < -0.3 is 4.74 Å². The summed E-state index contributed by atoms with van der Waals surface area (Å²) in [6.07, 6.45) is 1.57.